The number of nitrogens with one attached hydrogen (secondary N) is 1. The topological polar surface area (TPSA) is 140 Å². The van der Waals surface area contributed by atoms with Crippen LogP contribution >= 0.6 is 0 Å². The predicted octanol–water partition coefficient (Wildman–Crippen LogP) is 6.48. The van der Waals surface area contributed by atoms with Crippen LogP contribution in [0.1, 0.15) is 87.6 Å². The third kappa shape index (κ3) is 8.73. The summed E-state index contributed by atoms with van der Waals surface area (Å²) >= 11 is 0. The summed E-state index contributed by atoms with van der Waals surface area (Å²) in [6, 6.07) is 11.5. The van der Waals surface area contributed by atoms with Gasteiger partial charge in [0.05, 0.1) is 25.0 Å². The normalized spacial score (nSPS) is 17.1. The van der Waals surface area contributed by atoms with Gasteiger partial charge in [0, 0.05) is 42.5 Å². The van der Waals surface area contributed by atoms with Gasteiger partial charge in [-0.15, -0.1) is 0 Å². The molecule has 1 aliphatic carbocycles. The Hall–Kier alpha value is -3.81. The quantitative estimate of drug-likeness (QED) is 0.216. The molecule has 1 amide bonds. The average molecular weight is 713 g/mol. The predicted molar refractivity (Wildman–Crippen MR) is 193 cm³/mol. The molecule has 50 heavy (non-hydrogen) atoms. The van der Waals surface area contributed by atoms with Gasteiger partial charge < -0.3 is 28.8 Å². The van der Waals surface area contributed by atoms with E-state index in [4.69, 9.17) is 14.2 Å². The van der Waals surface area contributed by atoms with Gasteiger partial charge in [0.1, 0.15) is 5.60 Å². The third-order valence-electron chi connectivity index (χ3n) is 9.68. The van der Waals surface area contributed by atoms with Crippen LogP contribution in [-0.4, -0.2) is 92.4 Å². The minimum absolute atomic E-state index is 0.0960. The van der Waals surface area contributed by atoms with Gasteiger partial charge in [-0.3, -0.25) is 0 Å². The van der Waals surface area contributed by atoms with Crippen LogP contribution in [-0.2, 0) is 21.5 Å². The number of carboxylic acid groups (broad SMARTS) is 1. The molecule has 1 atom stereocenters. The zero-order chi connectivity index (χ0) is 36.2. The zero-order valence-corrected chi connectivity index (χ0v) is 31.0. The van der Waals surface area contributed by atoms with Gasteiger partial charge in [0.2, 0.25) is 0 Å². The maximum atomic E-state index is 12.6. The van der Waals surface area contributed by atoms with Crippen molar-refractivity contribution in [2.75, 3.05) is 47.4 Å². The number of hydrogen-bond acceptors (Lipinski definition) is 8. The number of hydrogen-bond donors (Lipinski definition) is 2. The van der Waals surface area contributed by atoms with E-state index in [9.17, 15) is 23.1 Å². The molecule has 0 unspecified atom stereocenters. The molecule has 1 fully saturated rings. The van der Waals surface area contributed by atoms with Crippen molar-refractivity contribution in [3.8, 4) is 22.8 Å². The Labute approximate surface area is 295 Å². The number of aromatic carboxylic acids is 1. The highest BCUT2D eigenvalue weighted by molar-refractivity contribution is 7.87. The van der Waals surface area contributed by atoms with Crippen LogP contribution in [0.5, 0.6) is 11.5 Å². The second-order valence-electron chi connectivity index (χ2n) is 14.6. The standard InChI is InChI=1S/C37H52N4O8S/c1-37(2,3)49-36(44)38-50(45,46)40(5)20-11-19-39(4)21-18-25-23-41-30-22-27(35(42)43)16-17-28(30)32(26-12-8-7-9-13-26)33(41)29-14-10-15-31(47-6)34(29)48-24-25/h10,14-17,22,25-26H,7-9,11-13,18-21,23-24H2,1-6H3,(H,38,44)(H,42,43)/t25-/m1/s1. The number of para-hydroxylation sites is 1. The summed E-state index contributed by atoms with van der Waals surface area (Å²) in [6.45, 7) is 7.72. The molecule has 2 heterocycles. The lowest BCUT2D eigenvalue weighted by Crippen LogP contribution is -2.44. The Balaban J connectivity index is 1.35. The smallest absolute Gasteiger partial charge is 0.422 e. The fourth-order valence-electron chi connectivity index (χ4n) is 7.17. The van der Waals surface area contributed by atoms with E-state index in [2.05, 4.69) is 15.5 Å². The van der Waals surface area contributed by atoms with Crippen molar-refractivity contribution in [1.82, 2.24) is 18.5 Å². The van der Waals surface area contributed by atoms with Gasteiger partial charge >= 0.3 is 22.3 Å². The molecule has 1 aliphatic heterocycles. The van der Waals surface area contributed by atoms with Crippen LogP contribution < -0.4 is 14.2 Å². The Morgan fingerprint density at radius 1 is 1.06 bits per heavy atom. The Morgan fingerprint density at radius 2 is 1.80 bits per heavy atom. The lowest BCUT2D eigenvalue weighted by molar-refractivity contribution is 0.0566. The first-order valence-electron chi connectivity index (χ1n) is 17.5. The fraction of sp³-hybridized carbons (Fsp3) is 0.568. The molecule has 5 rings (SSSR count). The van der Waals surface area contributed by atoms with Gasteiger partial charge in [-0.25, -0.2) is 14.3 Å². The van der Waals surface area contributed by atoms with Crippen molar-refractivity contribution >= 4 is 33.2 Å². The fourth-order valence-corrected chi connectivity index (χ4v) is 7.95. The molecule has 12 nitrogen and oxygen atoms in total. The number of benzene rings is 2. The minimum Gasteiger partial charge on any atom is -0.493 e. The van der Waals surface area contributed by atoms with Crippen molar-refractivity contribution in [3.05, 3.63) is 47.5 Å². The van der Waals surface area contributed by atoms with E-state index in [1.165, 1.54) is 31.9 Å². The lowest BCUT2D eigenvalue weighted by Gasteiger charge is -2.29. The van der Waals surface area contributed by atoms with Crippen molar-refractivity contribution in [3.63, 3.8) is 0 Å². The molecule has 13 heteroatoms. The summed E-state index contributed by atoms with van der Waals surface area (Å²) in [4.78, 5) is 26.3. The summed E-state index contributed by atoms with van der Waals surface area (Å²) in [5.74, 6) is 0.881. The first-order chi connectivity index (χ1) is 23.7. The van der Waals surface area contributed by atoms with Gasteiger partial charge in [0.15, 0.2) is 11.5 Å². The molecular formula is C37H52N4O8S. The Morgan fingerprint density at radius 3 is 2.48 bits per heavy atom. The number of aromatic nitrogens is 1. The second-order valence-corrected chi connectivity index (χ2v) is 16.4. The number of carboxylic acids is 1. The summed E-state index contributed by atoms with van der Waals surface area (Å²) < 4.78 is 48.1. The summed E-state index contributed by atoms with van der Waals surface area (Å²) in [5, 5.41) is 11.0. The van der Waals surface area contributed by atoms with Crippen LogP contribution in [0.3, 0.4) is 0 Å². The van der Waals surface area contributed by atoms with Crippen LogP contribution in [0.2, 0.25) is 0 Å². The molecule has 2 aromatic carbocycles. The highest BCUT2D eigenvalue weighted by Crippen LogP contribution is 2.49. The molecule has 2 aliphatic rings. The van der Waals surface area contributed by atoms with E-state index in [0.29, 0.717) is 43.5 Å². The second kappa shape index (κ2) is 15.6. The Bertz CT molecular complexity index is 1790. The molecule has 0 radical (unpaired) electrons. The van der Waals surface area contributed by atoms with Crippen molar-refractivity contribution in [1.29, 1.82) is 0 Å². The molecule has 3 aromatic rings. The largest absolute Gasteiger partial charge is 0.493 e. The van der Waals surface area contributed by atoms with Gasteiger partial charge in [-0.2, -0.15) is 12.7 Å². The monoisotopic (exact) mass is 712 g/mol. The molecule has 0 bridgehead atoms. The minimum atomic E-state index is -4.03. The summed E-state index contributed by atoms with van der Waals surface area (Å²) in [5.41, 5.74) is 3.71. The van der Waals surface area contributed by atoms with E-state index < -0.39 is 27.9 Å². The number of nitrogens with zero attached hydrogens (tertiary/aromatic N) is 3. The van der Waals surface area contributed by atoms with Crippen molar-refractivity contribution in [2.45, 2.75) is 83.8 Å². The number of methoxy groups -OCH3 is 1. The molecule has 0 spiro atoms. The molecule has 274 valence electrons. The molecule has 1 aromatic heterocycles. The molecular weight excluding hydrogens is 660 g/mol. The maximum absolute atomic E-state index is 12.6. The van der Waals surface area contributed by atoms with E-state index in [1.54, 1.807) is 33.9 Å². The summed E-state index contributed by atoms with van der Waals surface area (Å²) in [6.07, 6.45) is 6.10. The average Bonchev–Trinajstić information content (AvgIpc) is 3.36. The van der Waals surface area contributed by atoms with Gasteiger partial charge in [-0.05, 0) is 102 Å². The first-order valence-corrected chi connectivity index (χ1v) is 19.0. The van der Waals surface area contributed by atoms with E-state index >= 15 is 0 Å². The number of fused-ring (bicyclic) bond motifs is 5. The maximum Gasteiger partial charge on any atom is 0.422 e. The van der Waals surface area contributed by atoms with Crippen LogP contribution in [0.25, 0.3) is 22.2 Å². The third-order valence-corrected chi connectivity index (χ3v) is 11.1. The van der Waals surface area contributed by atoms with Crippen molar-refractivity contribution < 1.29 is 37.3 Å². The van der Waals surface area contributed by atoms with Crippen LogP contribution in [0, 0.1) is 5.92 Å². The van der Waals surface area contributed by atoms with E-state index in [-0.39, 0.29) is 18.0 Å². The zero-order valence-electron chi connectivity index (χ0n) is 30.2. The first kappa shape index (κ1) is 37.4. The lowest BCUT2D eigenvalue weighted by atomic mass is 9.81. The number of rotatable bonds is 12. The summed E-state index contributed by atoms with van der Waals surface area (Å²) in [7, 11) is 1.05. The highest BCUT2D eigenvalue weighted by Gasteiger charge is 2.32. The number of carbonyl (C=O) groups excluding carboxylic acids is 1. The van der Waals surface area contributed by atoms with Gasteiger partial charge in [-0.1, -0.05) is 31.4 Å². The number of ether oxygens (including phenoxy) is 3. The highest BCUT2D eigenvalue weighted by atomic mass is 32.2. The van der Waals surface area contributed by atoms with E-state index in [0.717, 1.165) is 52.3 Å². The van der Waals surface area contributed by atoms with Crippen LogP contribution in [0.4, 0.5) is 4.79 Å². The number of carbonyl (C=O) groups is 2. The molecule has 2 N–H and O–H groups in total. The molecule has 1 saturated carbocycles. The van der Waals surface area contributed by atoms with Crippen molar-refractivity contribution in [2.24, 2.45) is 5.92 Å². The van der Waals surface area contributed by atoms with Gasteiger partial charge in [0.25, 0.3) is 0 Å². The van der Waals surface area contributed by atoms with E-state index in [1.807, 2.05) is 36.0 Å². The SMILES string of the molecule is COc1cccc2c1OC[C@H](CCN(C)CCCN(C)S(=O)(=O)NC(=O)OC(C)(C)C)Cn1c-2c(C2CCCCC2)c2ccc(C(=O)O)cc21. The molecule has 0 saturated heterocycles. The number of amides is 1. The van der Waals surface area contributed by atoms with Crippen LogP contribution in [0.15, 0.2) is 36.4 Å². The Kier molecular flexibility index (Phi) is 11.7.